The molecule has 1 saturated heterocycles. The summed E-state index contributed by atoms with van der Waals surface area (Å²) in [6.07, 6.45) is 4.81. The summed E-state index contributed by atoms with van der Waals surface area (Å²) < 4.78 is 5.28. The zero-order chi connectivity index (χ0) is 13.4. The Morgan fingerprint density at radius 1 is 1.43 bits per heavy atom. The van der Waals surface area contributed by atoms with E-state index in [1.807, 2.05) is 23.9 Å². The lowest BCUT2D eigenvalue weighted by molar-refractivity contribution is 0.0174. The molecule has 1 unspecified atom stereocenters. The van der Waals surface area contributed by atoms with Gasteiger partial charge in [0.25, 0.3) is 0 Å². The van der Waals surface area contributed by atoms with E-state index in [1.165, 1.54) is 0 Å². The first-order chi connectivity index (χ1) is 9.29. The molecule has 3 N–H and O–H groups in total. The fourth-order valence-electron chi connectivity index (χ4n) is 2.29. The highest BCUT2D eigenvalue weighted by molar-refractivity contribution is 7.98. The second-order valence-electron chi connectivity index (χ2n) is 5.17. The summed E-state index contributed by atoms with van der Waals surface area (Å²) in [4.78, 5) is 0. The van der Waals surface area contributed by atoms with Crippen molar-refractivity contribution in [2.45, 2.75) is 30.6 Å². The Labute approximate surface area is 143 Å². The maximum Gasteiger partial charge on any atom is 0.113 e. The van der Waals surface area contributed by atoms with Crippen molar-refractivity contribution >= 4 is 36.6 Å². The molecule has 1 aromatic heterocycles. The van der Waals surface area contributed by atoms with Crippen LogP contribution in [0.3, 0.4) is 0 Å². The molecule has 2 rings (SSSR count). The van der Waals surface area contributed by atoms with E-state index in [4.69, 9.17) is 4.42 Å². The number of halogens is 2. The maximum atomic E-state index is 10.3. The minimum absolute atomic E-state index is 0. The second-order valence-corrected chi connectivity index (χ2v) is 6.27. The lowest BCUT2D eigenvalue weighted by atomic mass is 9.94. The molecule has 0 amide bonds. The Morgan fingerprint density at radius 3 is 2.95 bits per heavy atom. The van der Waals surface area contributed by atoms with Crippen LogP contribution in [0.5, 0.6) is 0 Å². The fraction of sp³-hybridized carbons (Fsp3) is 0.714. The average Bonchev–Trinajstić information content (AvgIpc) is 2.91. The highest BCUT2D eigenvalue weighted by atomic mass is 35.5. The van der Waals surface area contributed by atoms with Crippen LogP contribution in [0.1, 0.15) is 25.0 Å². The molecule has 4 nitrogen and oxygen atoms in total. The molecule has 21 heavy (non-hydrogen) atoms. The monoisotopic (exact) mass is 356 g/mol. The van der Waals surface area contributed by atoms with E-state index >= 15 is 0 Å². The second kappa shape index (κ2) is 11.6. The van der Waals surface area contributed by atoms with E-state index in [9.17, 15) is 5.11 Å². The van der Waals surface area contributed by atoms with Crippen molar-refractivity contribution in [2.75, 3.05) is 31.9 Å². The van der Waals surface area contributed by atoms with Gasteiger partial charge in [0, 0.05) is 13.1 Å². The van der Waals surface area contributed by atoms with Gasteiger partial charge in [-0.3, -0.25) is 0 Å². The zero-order valence-electron chi connectivity index (χ0n) is 12.2. The molecule has 0 radical (unpaired) electrons. The van der Waals surface area contributed by atoms with Crippen molar-refractivity contribution in [3.63, 3.8) is 0 Å². The third kappa shape index (κ3) is 8.33. The van der Waals surface area contributed by atoms with Crippen LogP contribution in [-0.2, 0) is 5.75 Å². The number of thioether (sulfide) groups is 1. The van der Waals surface area contributed by atoms with E-state index in [0.29, 0.717) is 13.1 Å². The quantitative estimate of drug-likeness (QED) is 0.624. The number of aliphatic hydroxyl groups is 1. The number of furan rings is 1. The molecular formula is C14H26Cl2N2O2S. The van der Waals surface area contributed by atoms with Crippen LogP contribution in [-0.4, -0.2) is 42.6 Å². The number of hydrogen-bond donors (Lipinski definition) is 3. The summed E-state index contributed by atoms with van der Waals surface area (Å²) >= 11 is 1.89. The SMILES string of the molecule is Cl.Cl.OC1(CNCCCSCc2ccco2)CCCNC1. The van der Waals surface area contributed by atoms with Crippen LogP contribution < -0.4 is 10.6 Å². The van der Waals surface area contributed by atoms with Crippen LogP contribution in [0.2, 0.25) is 0 Å². The van der Waals surface area contributed by atoms with Crippen LogP contribution in [0.25, 0.3) is 0 Å². The molecule has 0 spiro atoms. The summed E-state index contributed by atoms with van der Waals surface area (Å²) in [6, 6.07) is 3.94. The molecular weight excluding hydrogens is 331 g/mol. The van der Waals surface area contributed by atoms with Crippen molar-refractivity contribution in [1.29, 1.82) is 0 Å². The molecule has 1 atom stereocenters. The molecule has 0 aromatic carbocycles. The Balaban J connectivity index is 0.00000200. The Kier molecular flexibility index (Phi) is 11.7. The van der Waals surface area contributed by atoms with Crippen molar-refractivity contribution in [2.24, 2.45) is 0 Å². The van der Waals surface area contributed by atoms with Crippen molar-refractivity contribution < 1.29 is 9.52 Å². The van der Waals surface area contributed by atoms with Gasteiger partial charge in [0.1, 0.15) is 5.76 Å². The highest BCUT2D eigenvalue weighted by Crippen LogP contribution is 2.15. The van der Waals surface area contributed by atoms with Gasteiger partial charge in [0.15, 0.2) is 0 Å². The molecule has 1 fully saturated rings. The van der Waals surface area contributed by atoms with E-state index < -0.39 is 5.60 Å². The van der Waals surface area contributed by atoms with Crippen LogP contribution in [0.4, 0.5) is 0 Å². The smallest absolute Gasteiger partial charge is 0.113 e. The predicted octanol–water partition coefficient (Wildman–Crippen LogP) is 2.45. The number of rotatable bonds is 8. The molecule has 0 aliphatic carbocycles. The summed E-state index contributed by atoms with van der Waals surface area (Å²) in [5.41, 5.74) is -0.542. The van der Waals surface area contributed by atoms with Gasteiger partial charge in [-0.25, -0.2) is 0 Å². The largest absolute Gasteiger partial charge is 0.468 e. The van der Waals surface area contributed by atoms with Gasteiger partial charge in [-0.2, -0.15) is 11.8 Å². The Hall–Kier alpha value is 0.0900. The van der Waals surface area contributed by atoms with Crippen LogP contribution in [0, 0.1) is 0 Å². The summed E-state index contributed by atoms with van der Waals surface area (Å²) in [6.45, 7) is 3.41. The first kappa shape index (κ1) is 21.1. The van der Waals surface area contributed by atoms with Crippen LogP contribution in [0.15, 0.2) is 22.8 Å². The van der Waals surface area contributed by atoms with Gasteiger partial charge in [0.05, 0.1) is 17.6 Å². The highest BCUT2D eigenvalue weighted by Gasteiger charge is 2.28. The third-order valence-corrected chi connectivity index (χ3v) is 4.44. The summed E-state index contributed by atoms with van der Waals surface area (Å²) in [7, 11) is 0. The van der Waals surface area contributed by atoms with Gasteiger partial charge in [-0.05, 0) is 50.2 Å². The molecule has 124 valence electrons. The Morgan fingerprint density at radius 2 is 2.29 bits per heavy atom. The molecule has 1 aliphatic heterocycles. The summed E-state index contributed by atoms with van der Waals surface area (Å²) in [5, 5.41) is 16.9. The van der Waals surface area contributed by atoms with E-state index in [1.54, 1.807) is 6.26 Å². The maximum absolute atomic E-state index is 10.3. The first-order valence-electron chi connectivity index (χ1n) is 7.02. The summed E-state index contributed by atoms with van der Waals surface area (Å²) in [5.74, 6) is 3.10. The fourth-order valence-corrected chi connectivity index (χ4v) is 3.15. The number of hydrogen-bond acceptors (Lipinski definition) is 5. The van der Waals surface area contributed by atoms with Gasteiger partial charge in [0.2, 0.25) is 0 Å². The average molecular weight is 357 g/mol. The normalized spacial score (nSPS) is 21.4. The minimum atomic E-state index is -0.542. The Bertz CT molecular complexity index is 347. The lowest BCUT2D eigenvalue weighted by Crippen LogP contribution is -2.52. The molecule has 7 heteroatoms. The van der Waals surface area contributed by atoms with Crippen LogP contribution >= 0.6 is 36.6 Å². The van der Waals surface area contributed by atoms with E-state index in [0.717, 1.165) is 49.6 Å². The molecule has 1 aromatic rings. The number of piperidine rings is 1. The van der Waals surface area contributed by atoms with E-state index in [-0.39, 0.29) is 24.8 Å². The molecule has 2 heterocycles. The molecule has 0 bridgehead atoms. The van der Waals surface area contributed by atoms with E-state index in [2.05, 4.69) is 10.6 Å². The van der Waals surface area contributed by atoms with Gasteiger partial charge in [-0.15, -0.1) is 24.8 Å². The zero-order valence-corrected chi connectivity index (χ0v) is 14.6. The topological polar surface area (TPSA) is 57.4 Å². The number of β-amino-alcohol motifs (C(OH)–C–C–N with tert-alkyl or cyclic N) is 1. The van der Waals surface area contributed by atoms with Gasteiger partial charge in [-0.1, -0.05) is 0 Å². The first-order valence-corrected chi connectivity index (χ1v) is 8.18. The van der Waals surface area contributed by atoms with Crippen molar-refractivity contribution in [3.8, 4) is 0 Å². The van der Waals surface area contributed by atoms with Crippen molar-refractivity contribution in [3.05, 3.63) is 24.2 Å². The van der Waals surface area contributed by atoms with Gasteiger partial charge < -0.3 is 20.2 Å². The van der Waals surface area contributed by atoms with Crippen molar-refractivity contribution in [1.82, 2.24) is 10.6 Å². The standard InChI is InChI=1S/C14H24N2O2S.2ClH/c17-14(5-2-6-15-11-14)12-16-7-3-9-19-10-13-4-1-8-18-13;;/h1,4,8,15-17H,2-3,5-7,9-12H2;2*1H. The minimum Gasteiger partial charge on any atom is -0.468 e. The predicted molar refractivity (Wildman–Crippen MR) is 93.9 cm³/mol. The molecule has 0 saturated carbocycles. The van der Waals surface area contributed by atoms with Gasteiger partial charge >= 0.3 is 0 Å². The third-order valence-electron chi connectivity index (χ3n) is 3.37. The number of nitrogens with one attached hydrogen (secondary N) is 2. The lowest BCUT2D eigenvalue weighted by Gasteiger charge is -2.32. The molecule has 1 aliphatic rings.